The summed E-state index contributed by atoms with van der Waals surface area (Å²) in [5.41, 5.74) is 2.50. The van der Waals surface area contributed by atoms with Crippen LogP contribution >= 0.6 is 11.3 Å². The highest BCUT2D eigenvalue weighted by atomic mass is 32.2. The summed E-state index contributed by atoms with van der Waals surface area (Å²) in [5, 5.41) is 14.3. The van der Waals surface area contributed by atoms with Crippen LogP contribution in [0.4, 0.5) is 0 Å². The second-order valence-corrected chi connectivity index (χ2v) is 11.7. The van der Waals surface area contributed by atoms with Crippen molar-refractivity contribution in [3.8, 4) is 10.6 Å². The molecule has 1 aromatic carbocycles. The number of hydrogen-bond acceptors (Lipinski definition) is 7. The fraction of sp³-hybridized carbons (Fsp3) is 0.231. The smallest absolute Gasteiger partial charge is 0.321 e. The summed E-state index contributed by atoms with van der Waals surface area (Å²) in [7, 11) is -4.42. The van der Waals surface area contributed by atoms with Crippen molar-refractivity contribution < 1.29 is 23.1 Å². The molecule has 0 saturated carbocycles. The topological polar surface area (TPSA) is 138 Å². The van der Waals surface area contributed by atoms with Crippen LogP contribution in [0.5, 0.6) is 0 Å². The van der Waals surface area contributed by atoms with Gasteiger partial charge in [-0.05, 0) is 35.3 Å². The summed E-state index contributed by atoms with van der Waals surface area (Å²) in [6.07, 6.45) is 7.84. The van der Waals surface area contributed by atoms with Crippen LogP contribution < -0.4 is 10.0 Å². The molecule has 0 aliphatic heterocycles. The molecule has 37 heavy (non-hydrogen) atoms. The molecule has 2 atom stereocenters. The summed E-state index contributed by atoms with van der Waals surface area (Å²) in [5.74, 6) is -2.52. The number of nitrogens with one attached hydrogen (secondary N) is 2. The lowest BCUT2D eigenvalue weighted by Gasteiger charge is -2.34. The second kappa shape index (κ2) is 10.8. The van der Waals surface area contributed by atoms with Gasteiger partial charge in [-0.15, -0.1) is 11.3 Å². The molecule has 1 amide bonds. The zero-order valence-corrected chi connectivity index (χ0v) is 21.8. The number of carbonyl (C=O) groups excluding carboxylic acids is 1. The van der Waals surface area contributed by atoms with Crippen LogP contribution in [0.1, 0.15) is 36.3 Å². The third-order valence-corrected chi connectivity index (χ3v) is 8.77. The Balaban J connectivity index is 1.67. The number of sulfonamides is 1. The monoisotopic (exact) mass is 538 g/mol. The van der Waals surface area contributed by atoms with E-state index in [-0.39, 0.29) is 12.1 Å². The predicted molar refractivity (Wildman–Crippen MR) is 142 cm³/mol. The van der Waals surface area contributed by atoms with Crippen LogP contribution in [0.3, 0.4) is 0 Å². The van der Waals surface area contributed by atoms with Crippen molar-refractivity contribution in [2.75, 3.05) is 0 Å². The van der Waals surface area contributed by atoms with Crippen LogP contribution in [0.25, 0.3) is 16.1 Å². The van der Waals surface area contributed by atoms with E-state index >= 15 is 0 Å². The number of rotatable bonds is 9. The molecule has 3 aromatic rings. The maximum Gasteiger partial charge on any atom is 0.321 e. The van der Waals surface area contributed by atoms with Gasteiger partial charge in [0.25, 0.3) is 5.91 Å². The van der Waals surface area contributed by atoms with Crippen molar-refractivity contribution in [3.05, 3.63) is 89.7 Å². The molecule has 0 radical (unpaired) electrons. The number of allylic oxidation sites excluding steroid dienone is 2. The van der Waals surface area contributed by atoms with Crippen LogP contribution in [-0.2, 0) is 14.8 Å². The molecule has 0 bridgehead atoms. The first-order chi connectivity index (χ1) is 17.6. The number of pyridine rings is 1. The van der Waals surface area contributed by atoms with Gasteiger partial charge >= 0.3 is 5.97 Å². The number of carbonyl (C=O) groups is 2. The molecule has 0 saturated heterocycles. The van der Waals surface area contributed by atoms with Gasteiger partial charge in [0.2, 0.25) is 10.0 Å². The third kappa shape index (κ3) is 5.68. The Hall–Kier alpha value is -3.67. The van der Waals surface area contributed by atoms with Gasteiger partial charge in [0.05, 0.1) is 0 Å². The van der Waals surface area contributed by atoms with Gasteiger partial charge in [0, 0.05) is 29.8 Å². The minimum atomic E-state index is -4.42. The highest BCUT2D eigenvalue weighted by Crippen LogP contribution is 2.32. The molecule has 1 unspecified atom stereocenters. The van der Waals surface area contributed by atoms with Gasteiger partial charge in [0.15, 0.2) is 4.87 Å². The number of benzene rings is 1. The fourth-order valence-electron chi connectivity index (χ4n) is 3.83. The SMILES string of the molecule is CC(C)[C@H](NS(=O)(=O)C1(NC(=O)c2csc(-c3ccncc3)n2)C=CC(c2ccccc2)=CC1)C(=O)O. The quantitative estimate of drug-likeness (QED) is 0.378. The van der Waals surface area contributed by atoms with E-state index in [9.17, 15) is 23.1 Å². The van der Waals surface area contributed by atoms with E-state index in [1.54, 1.807) is 55.9 Å². The van der Waals surface area contributed by atoms with E-state index in [4.69, 9.17) is 0 Å². The molecule has 3 N–H and O–H groups in total. The van der Waals surface area contributed by atoms with E-state index in [0.29, 0.717) is 5.01 Å². The summed E-state index contributed by atoms with van der Waals surface area (Å²) < 4.78 is 29.6. The van der Waals surface area contributed by atoms with Crippen molar-refractivity contribution in [2.24, 2.45) is 5.92 Å². The van der Waals surface area contributed by atoms with Gasteiger partial charge in [-0.1, -0.05) is 56.3 Å². The number of thiazole rings is 1. The number of aliphatic carboxylic acids is 1. The van der Waals surface area contributed by atoms with Crippen molar-refractivity contribution in [1.29, 1.82) is 0 Å². The Morgan fingerprint density at radius 2 is 1.78 bits per heavy atom. The fourth-order valence-corrected chi connectivity index (χ4v) is 6.33. The first-order valence-electron chi connectivity index (χ1n) is 11.5. The van der Waals surface area contributed by atoms with Crippen LogP contribution in [0.15, 0.2) is 78.5 Å². The maximum absolute atomic E-state index is 13.7. The number of carboxylic acids is 1. The molecule has 2 heterocycles. The summed E-state index contributed by atoms with van der Waals surface area (Å²) in [4.78, 5) is 31.5. The highest BCUT2D eigenvalue weighted by molar-refractivity contribution is 7.91. The molecule has 11 heteroatoms. The van der Waals surface area contributed by atoms with Crippen LogP contribution in [0, 0.1) is 5.92 Å². The van der Waals surface area contributed by atoms with Crippen molar-refractivity contribution in [3.63, 3.8) is 0 Å². The Bertz CT molecular complexity index is 1450. The largest absolute Gasteiger partial charge is 0.480 e. The minimum absolute atomic E-state index is 0.0521. The predicted octanol–water partition coefficient (Wildman–Crippen LogP) is 3.70. The van der Waals surface area contributed by atoms with E-state index in [1.165, 1.54) is 17.4 Å². The first-order valence-corrected chi connectivity index (χ1v) is 13.9. The Morgan fingerprint density at radius 1 is 1.08 bits per heavy atom. The van der Waals surface area contributed by atoms with E-state index in [2.05, 4.69) is 20.0 Å². The molecule has 0 fully saturated rings. The average molecular weight is 539 g/mol. The number of hydrogen-bond donors (Lipinski definition) is 3. The standard InChI is InChI=1S/C26H26N4O5S2/c1-17(2)22(25(32)33)30-37(34,35)26(12-8-19(9-13-26)18-6-4-3-5-7-18)29-23(31)21-16-36-24(28-21)20-10-14-27-15-11-20/h3-12,14-17,22,30H,13H2,1-2H3,(H,29,31)(H,32,33)/t22-,26?/m0/s1. The Morgan fingerprint density at radius 3 is 2.38 bits per heavy atom. The molecular formula is C26H26N4O5S2. The van der Waals surface area contributed by atoms with Gasteiger partial charge in [-0.2, -0.15) is 4.72 Å². The molecule has 0 spiro atoms. The van der Waals surface area contributed by atoms with E-state index in [0.717, 1.165) is 16.7 Å². The number of amides is 1. The molecule has 1 aliphatic carbocycles. The van der Waals surface area contributed by atoms with Gasteiger partial charge in [-0.25, -0.2) is 13.4 Å². The Labute approximate surface area is 219 Å². The molecule has 4 rings (SSSR count). The lowest BCUT2D eigenvalue weighted by Crippen LogP contribution is -2.60. The summed E-state index contributed by atoms with van der Waals surface area (Å²) >= 11 is 1.24. The number of carboxylic acid groups (broad SMARTS) is 1. The molecule has 9 nitrogen and oxygen atoms in total. The second-order valence-electron chi connectivity index (χ2n) is 8.86. The highest BCUT2D eigenvalue weighted by Gasteiger charge is 2.46. The van der Waals surface area contributed by atoms with Crippen molar-refractivity contribution in [1.82, 2.24) is 20.0 Å². The molecule has 192 valence electrons. The normalized spacial score (nSPS) is 18.3. The van der Waals surface area contributed by atoms with E-state index in [1.807, 2.05) is 30.3 Å². The molecular weight excluding hydrogens is 512 g/mol. The zero-order valence-electron chi connectivity index (χ0n) is 20.2. The van der Waals surface area contributed by atoms with Crippen LogP contribution in [-0.4, -0.2) is 46.3 Å². The zero-order chi connectivity index (χ0) is 26.6. The van der Waals surface area contributed by atoms with Crippen molar-refractivity contribution in [2.45, 2.75) is 31.2 Å². The van der Waals surface area contributed by atoms with Crippen LogP contribution in [0.2, 0.25) is 0 Å². The minimum Gasteiger partial charge on any atom is -0.480 e. The molecule has 1 aliphatic rings. The maximum atomic E-state index is 13.7. The first kappa shape index (κ1) is 26.4. The molecule has 2 aromatic heterocycles. The third-order valence-electron chi connectivity index (χ3n) is 5.95. The number of nitrogens with zero attached hydrogens (tertiary/aromatic N) is 2. The van der Waals surface area contributed by atoms with Crippen molar-refractivity contribution >= 4 is 38.8 Å². The summed E-state index contributed by atoms with van der Waals surface area (Å²) in [6, 6.07) is 11.5. The van der Waals surface area contributed by atoms with E-state index < -0.39 is 38.7 Å². The van der Waals surface area contributed by atoms with Gasteiger partial charge in [0.1, 0.15) is 16.7 Å². The Kier molecular flexibility index (Phi) is 7.67. The van der Waals surface area contributed by atoms with Gasteiger partial charge < -0.3 is 10.4 Å². The van der Waals surface area contributed by atoms with Gasteiger partial charge in [-0.3, -0.25) is 14.6 Å². The number of aromatic nitrogens is 2. The lowest BCUT2D eigenvalue weighted by molar-refractivity contribution is -0.140. The average Bonchev–Trinajstić information content (AvgIpc) is 3.39. The summed E-state index contributed by atoms with van der Waals surface area (Å²) in [6.45, 7) is 3.21. The lowest BCUT2D eigenvalue weighted by atomic mass is 9.96.